The fourth-order valence-electron chi connectivity index (χ4n) is 1.68. The van der Waals surface area contributed by atoms with Crippen LogP contribution in [-0.4, -0.2) is 31.7 Å². The van der Waals surface area contributed by atoms with E-state index < -0.39 is 0 Å². The minimum Gasteiger partial charge on any atom is -0.330 e. The van der Waals surface area contributed by atoms with Crippen molar-refractivity contribution in [3.05, 3.63) is 23.9 Å². The first kappa shape index (κ1) is 11.6. The number of rotatable bonds is 5. The molecule has 1 aliphatic rings. The molecule has 2 N–H and O–H groups in total. The molecule has 0 aromatic carbocycles. The van der Waals surface area contributed by atoms with Crippen LogP contribution < -0.4 is 5.73 Å². The van der Waals surface area contributed by atoms with E-state index in [1.807, 2.05) is 23.0 Å². The molecule has 2 heterocycles. The van der Waals surface area contributed by atoms with Crippen molar-refractivity contribution in [1.82, 2.24) is 25.2 Å². The van der Waals surface area contributed by atoms with E-state index >= 15 is 0 Å². The van der Waals surface area contributed by atoms with Crippen LogP contribution in [0.1, 0.15) is 24.4 Å². The summed E-state index contributed by atoms with van der Waals surface area (Å²) in [5.41, 5.74) is 6.66. The van der Waals surface area contributed by atoms with E-state index in [0.29, 0.717) is 12.6 Å². The predicted molar refractivity (Wildman–Crippen MR) is 67.2 cm³/mol. The molecule has 0 saturated heterocycles. The van der Waals surface area contributed by atoms with Crippen molar-refractivity contribution in [2.75, 3.05) is 6.54 Å². The van der Waals surface area contributed by atoms with Gasteiger partial charge in [-0.1, -0.05) is 6.07 Å². The maximum absolute atomic E-state index is 5.51. The summed E-state index contributed by atoms with van der Waals surface area (Å²) in [6.45, 7) is 0.647. The third kappa shape index (κ3) is 2.51. The monoisotopic (exact) mass is 262 g/mol. The molecule has 0 unspecified atom stereocenters. The zero-order valence-corrected chi connectivity index (χ0v) is 10.7. The van der Waals surface area contributed by atoms with Crippen LogP contribution in [0.2, 0.25) is 0 Å². The van der Waals surface area contributed by atoms with Gasteiger partial charge in [-0.05, 0) is 59.6 Å². The molecule has 94 valence electrons. The highest BCUT2D eigenvalue weighted by Gasteiger charge is 2.28. The zero-order valence-electron chi connectivity index (χ0n) is 9.86. The molecule has 18 heavy (non-hydrogen) atoms. The van der Waals surface area contributed by atoms with Crippen LogP contribution in [0.3, 0.4) is 0 Å². The number of nitrogens with zero attached hydrogens (tertiary/aromatic N) is 5. The van der Waals surface area contributed by atoms with Gasteiger partial charge < -0.3 is 5.73 Å². The molecule has 1 fully saturated rings. The van der Waals surface area contributed by atoms with Gasteiger partial charge in [0.25, 0.3) is 0 Å². The summed E-state index contributed by atoms with van der Waals surface area (Å²) in [4.78, 5) is 4.39. The van der Waals surface area contributed by atoms with Gasteiger partial charge in [0, 0.05) is 6.20 Å². The minimum atomic E-state index is 0.485. The van der Waals surface area contributed by atoms with E-state index in [2.05, 4.69) is 20.5 Å². The molecule has 1 aliphatic carbocycles. The summed E-state index contributed by atoms with van der Waals surface area (Å²) >= 11 is 1.50. The van der Waals surface area contributed by atoms with Crippen molar-refractivity contribution in [3.63, 3.8) is 0 Å². The van der Waals surface area contributed by atoms with Gasteiger partial charge in [-0.3, -0.25) is 0 Å². The largest absolute Gasteiger partial charge is 0.330 e. The fraction of sp³-hybridized carbons (Fsp3) is 0.455. The second kappa shape index (κ2) is 5.03. The van der Waals surface area contributed by atoms with Crippen LogP contribution in [0.5, 0.6) is 0 Å². The van der Waals surface area contributed by atoms with Crippen molar-refractivity contribution < 1.29 is 0 Å². The predicted octanol–water partition coefficient (Wildman–Crippen LogP) is 1.06. The average molecular weight is 262 g/mol. The molecule has 2 aromatic heterocycles. The standard InChI is InChI=1S/C11H14N6S/c12-6-5-8-1-4-10(13-7-8)18-11-14-15-16-17(11)9-2-3-9/h1,4,7,9H,2-3,5-6,12H2. The SMILES string of the molecule is NCCc1ccc(Sc2nnnn2C2CC2)nc1. The van der Waals surface area contributed by atoms with Crippen molar-refractivity contribution >= 4 is 11.8 Å². The summed E-state index contributed by atoms with van der Waals surface area (Å²) in [7, 11) is 0. The fourth-order valence-corrected chi connectivity index (χ4v) is 2.47. The molecule has 1 saturated carbocycles. The topological polar surface area (TPSA) is 82.5 Å². The Morgan fingerprint density at radius 1 is 1.39 bits per heavy atom. The Bertz CT molecular complexity index is 519. The van der Waals surface area contributed by atoms with Crippen molar-refractivity contribution in [2.45, 2.75) is 35.5 Å². The van der Waals surface area contributed by atoms with Gasteiger partial charge in [-0.15, -0.1) is 5.10 Å². The molecule has 2 aromatic rings. The van der Waals surface area contributed by atoms with Crippen LogP contribution in [0.15, 0.2) is 28.5 Å². The lowest BCUT2D eigenvalue weighted by molar-refractivity contribution is 0.565. The van der Waals surface area contributed by atoms with E-state index in [1.54, 1.807) is 0 Å². The van der Waals surface area contributed by atoms with E-state index in [-0.39, 0.29) is 0 Å². The number of nitrogens with two attached hydrogens (primary N) is 1. The third-order valence-electron chi connectivity index (χ3n) is 2.78. The van der Waals surface area contributed by atoms with Gasteiger partial charge in [0.2, 0.25) is 5.16 Å². The number of aromatic nitrogens is 5. The van der Waals surface area contributed by atoms with Crippen molar-refractivity contribution in [1.29, 1.82) is 0 Å². The number of hydrogen-bond donors (Lipinski definition) is 1. The molecule has 0 aliphatic heterocycles. The number of tetrazole rings is 1. The van der Waals surface area contributed by atoms with Gasteiger partial charge in [0.1, 0.15) is 5.03 Å². The Morgan fingerprint density at radius 2 is 2.28 bits per heavy atom. The van der Waals surface area contributed by atoms with Gasteiger partial charge in [-0.25, -0.2) is 9.67 Å². The second-order valence-electron chi connectivity index (χ2n) is 4.28. The summed E-state index contributed by atoms with van der Waals surface area (Å²) in [6, 6.07) is 4.52. The molecule has 0 bridgehead atoms. The minimum absolute atomic E-state index is 0.485. The van der Waals surface area contributed by atoms with Crippen molar-refractivity contribution in [2.24, 2.45) is 5.73 Å². The van der Waals surface area contributed by atoms with Crippen LogP contribution >= 0.6 is 11.8 Å². The van der Waals surface area contributed by atoms with Gasteiger partial charge in [0.15, 0.2) is 0 Å². The molecule has 0 amide bonds. The molecule has 0 spiro atoms. The lowest BCUT2D eigenvalue weighted by Gasteiger charge is -2.02. The quantitative estimate of drug-likeness (QED) is 0.867. The number of hydrogen-bond acceptors (Lipinski definition) is 6. The Kier molecular flexibility index (Phi) is 3.24. The molecular formula is C11H14N6S. The van der Waals surface area contributed by atoms with E-state index in [1.165, 1.54) is 24.6 Å². The Balaban J connectivity index is 1.73. The highest BCUT2D eigenvalue weighted by atomic mass is 32.2. The summed E-state index contributed by atoms with van der Waals surface area (Å²) < 4.78 is 1.89. The summed E-state index contributed by atoms with van der Waals surface area (Å²) in [5, 5.41) is 13.5. The molecule has 6 nitrogen and oxygen atoms in total. The maximum Gasteiger partial charge on any atom is 0.215 e. The molecule has 0 atom stereocenters. The normalized spacial score (nSPS) is 14.9. The summed E-state index contributed by atoms with van der Waals surface area (Å²) in [5.74, 6) is 0. The van der Waals surface area contributed by atoms with Crippen molar-refractivity contribution in [3.8, 4) is 0 Å². The van der Waals surface area contributed by atoms with E-state index in [0.717, 1.165) is 22.2 Å². The lowest BCUT2D eigenvalue weighted by Crippen LogP contribution is -2.03. The second-order valence-corrected chi connectivity index (χ2v) is 5.27. The Morgan fingerprint density at radius 3 is 2.94 bits per heavy atom. The van der Waals surface area contributed by atoms with Crippen LogP contribution in [-0.2, 0) is 6.42 Å². The molecule has 3 rings (SSSR count). The first-order valence-corrected chi connectivity index (χ1v) is 6.79. The number of pyridine rings is 1. The molecule has 0 radical (unpaired) electrons. The van der Waals surface area contributed by atoms with Gasteiger partial charge in [0.05, 0.1) is 6.04 Å². The summed E-state index contributed by atoms with van der Waals surface area (Å²) in [6.07, 6.45) is 5.06. The maximum atomic E-state index is 5.51. The smallest absolute Gasteiger partial charge is 0.215 e. The van der Waals surface area contributed by atoms with Crippen LogP contribution in [0.4, 0.5) is 0 Å². The highest BCUT2D eigenvalue weighted by molar-refractivity contribution is 7.99. The molecular weight excluding hydrogens is 248 g/mol. The highest BCUT2D eigenvalue weighted by Crippen LogP contribution is 2.37. The first-order chi connectivity index (χ1) is 8.86. The Labute approximate surface area is 109 Å². The first-order valence-electron chi connectivity index (χ1n) is 5.97. The average Bonchev–Trinajstić information content (AvgIpc) is 3.13. The van der Waals surface area contributed by atoms with Crippen LogP contribution in [0, 0.1) is 0 Å². The lowest BCUT2D eigenvalue weighted by atomic mass is 10.2. The van der Waals surface area contributed by atoms with Crippen LogP contribution in [0.25, 0.3) is 0 Å². The third-order valence-corrected chi connectivity index (χ3v) is 3.68. The van der Waals surface area contributed by atoms with Gasteiger partial charge in [-0.2, -0.15) is 0 Å². The van der Waals surface area contributed by atoms with E-state index in [4.69, 9.17) is 5.73 Å². The van der Waals surface area contributed by atoms with Gasteiger partial charge >= 0.3 is 0 Å². The Hall–Kier alpha value is -1.47. The molecule has 7 heteroatoms. The zero-order chi connectivity index (χ0) is 12.4. The van der Waals surface area contributed by atoms with E-state index in [9.17, 15) is 0 Å².